The smallest absolute Gasteiger partial charge is 0.355 e. The Hall–Kier alpha value is -11.1. The van der Waals surface area contributed by atoms with Crippen molar-refractivity contribution in [3.05, 3.63) is 250 Å². The first-order chi connectivity index (χ1) is 56.2. The standard InChI is InChI=1S/C33H41N5O.C31H34ClN7O2.C29H33ClFN5O/c1-7-14-27-15-12-13-18-30(27)38-26(6)34-33(37-21-24(4)36(20-25(37)5)32(39)8-2)29-19-23(3)35(22-31(29)38)28-16-10-9-11-17-28;1-8-24(40)37-15-21(7)38(16-20(37)6)29-22-14-23(32)27(26-18(4)10-9-12-33-26)35-30(22)39(31(41)36-29)28-19(5)11-13-34-25(28)17(2)3;1-5-26(37)34-16-19(3)35(17-18(34)2)28-23-15-24(30)27(22-13-9-10-14-25(22)31)33-29(23)36(20(4)32-28)21-11-7-6-8-12-21/h8-13,15-18,23-25H,2,6-7,14,19-22H2,1,3-5H3;8-14,17,20-21H,1,15-16H2,2-7H3;5,9-10,13-15,18-19,21H,1,4,6-8,11-12,16-17H2,2-3H3. The van der Waals surface area contributed by atoms with Crippen molar-refractivity contribution in [2.75, 3.05) is 65.4 Å². The van der Waals surface area contributed by atoms with Crippen LogP contribution in [0.2, 0.25) is 10.0 Å². The quantitative estimate of drug-likeness (QED) is 0.0990. The highest BCUT2D eigenvalue weighted by Crippen LogP contribution is 2.45. The van der Waals surface area contributed by atoms with Gasteiger partial charge in [-0.1, -0.05) is 157 Å². The third-order valence-electron chi connectivity index (χ3n) is 23.7. The maximum absolute atomic E-state index is 14.8. The lowest BCUT2D eigenvalue weighted by molar-refractivity contribution is -0.131. The van der Waals surface area contributed by atoms with Crippen molar-refractivity contribution in [2.24, 2.45) is 9.98 Å². The van der Waals surface area contributed by atoms with Gasteiger partial charge in [0.05, 0.1) is 61.7 Å². The molecule has 11 heterocycles. The zero-order chi connectivity index (χ0) is 83.5. The van der Waals surface area contributed by atoms with Crippen LogP contribution in [-0.2, 0) is 20.8 Å². The van der Waals surface area contributed by atoms with E-state index >= 15 is 0 Å². The van der Waals surface area contributed by atoms with E-state index in [0.29, 0.717) is 106 Å². The minimum Gasteiger partial charge on any atom is -0.363 e. The molecule has 117 heavy (non-hydrogen) atoms. The van der Waals surface area contributed by atoms with Gasteiger partial charge in [0.15, 0.2) is 5.65 Å². The number of carbonyl (C=O) groups is 3. The summed E-state index contributed by atoms with van der Waals surface area (Å²) in [5, 5.41) is 1.40. The first kappa shape index (κ1) is 83.8. The number of aryl methyl sites for hydroxylation is 3. The van der Waals surface area contributed by atoms with E-state index in [9.17, 15) is 23.6 Å². The van der Waals surface area contributed by atoms with Crippen molar-refractivity contribution in [2.45, 2.75) is 189 Å². The number of carbonyl (C=O) groups excluding carboxylic acids is 3. The lowest BCUT2D eigenvalue weighted by Crippen LogP contribution is -2.60. The fraction of sp³-hybridized carbons (Fsp3) is 0.387. The van der Waals surface area contributed by atoms with Crippen LogP contribution in [0.15, 0.2) is 210 Å². The molecule has 6 aliphatic heterocycles. The molecule has 7 atom stereocenters. The van der Waals surface area contributed by atoms with Crippen LogP contribution in [0.4, 0.5) is 27.4 Å². The van der Waals surface area contributed by atoms with Gasteiger partial charge in [0, 0.05) is 117 Å². The molecule has 4 fully saturated rings. The van der Waals surface area contributed by atoms with E-state index in [1.165, 1.54) is 58.9 Å². The molecule has 7 unspecified atom stereocenters. The fourth-order valence-corrected chi connectivity index (χ4v) is 18.2. The van der Waals surface area contributed by atoms with Crippen LogP contribution in [0, 0.1) is 19.7 Å². The molecule has 15 rings (SSSR count). The summed E-state index contributed by atoms with van der Waals surface area (Å²) in [6.07, 6.45) is 16.1. The highest BCUT2D eigenvalue weighted by Gasteiger charge is 2.44. The first-order valence-corrected chi connectivity index (χ1v) is 41.7. The molecule has 0 bridgehead atoms. The summed E-state index contributed by atoms with van der Waals surface area (Å²) in [4.78, 5) is 105. The molecule has 3 amide bonds. The van der Waals surface area contributed by atoms with Gasteiger partial charge in [0.25, 0.3) is 0 Å². The van der Waals surface area contributed by atoms with E-state index in [-0.39, 0.29) is 71.7 Å². The topological polar surface area (TPSA) is 192 Å². The van der Waals surface area contributed by atoms with Crippen LogP contribution in [0.3, 0.4) is 0 Å². The fourth-order valence-electron chi connectivity index (χ4n) is 17.7. The predicted molar refractivity (Wildman–Crippen MR) is 472 cm³/mol. The molecule has 21 nitrogen and oxygen atoms in total. The van der Waals surface area contributed by atoms with Gasteiger partial charge in [-0.15, -0.1) is 0 Å². The summed E-state index contributed by atoms with van der Waals surface area (Å²) in [6, 6.07) is 35.8. The van der Waals surface area contributed by atoms with Gasteiger partial charge in [-0.25, -0.2) is 33.7 Å². The summed E-state index contributed by atoms with van der Waals surface area (Å²) < 4.78 is 16.4. The highest BCUT2D eigenvalue weighted by molar-refractivity contribution is 6.34. The van der Waals surface area contributed by atoms with Crippen LogP contribution >= 0.6 is 23.2 Å². The second-order valence-electron chi connectivity index (χ2n) is 32.3. The lowest BCUT2D eigenvalue weighted by atomic mass is 9.92. The van der Waals surface area contributed by atoms with Gasteiger partial charge < -0.3 is 39.2 Å². The SMILES string of the molecule is C=CC(=O)N1CC(C)N(C2=NC(=C)N(C3CCCCC3)c3nc(-c4ccccc4F)c(Cl)cc32)CC1C.C=CC(=O)N1CC(C)N(C2=NC(=C)N(c3ccccc3CCC)C3=C2CC(C)N(c2ccccc2)C3)CC1C.C=CC(=O)N1CC(C)N(c2nc(=O)n(-c3c(C)ccnc3C(C)C)c3nc(-c4ncccc4C)c(Cl)cc23)CC1C. The van der Waals surface area contributed by atoms with Crippen LogP contribution in [0.25, 0.3) is 39.4 Å². The molecule has 1 aliphatic carbocycles. The monoisotopic (exact) mass is 1620 g/mol. The number of fused-ring (bicyclic) bond motifs is 2. The second kappa shape index (κ2) is 35.8. The summed E-state index contributed by atoms with van der Waals surface area (Å²) in [5.74, 6) is 3.83. The number of pyridine rings is 4. The molecule has 7 aliphatic rings. The Balaban J connectivity index is 0.000000153. The normalized spacial score (nSPS) is 21.1. The van der Waals surface area contributed by atoms with Crippen molar-refractivity contribution in [1.82, 2.24) is 54.0 Å². The van der Waals surface area contributed by atoms with E-state index in [0.717, 1.165) is 97.9 Å². The number of piperazine rings is 3. The largest absolute Gasteiger partial charge is 0.363 e. The molecule has 8 aromatic rings. The van der Waals surface area contributed by atoms with Gasteiger partial charge >= 0.3 is 5.69 Å². The number of hydrogen-bond donors (Lipinski definition) is 0. The number of anilines is 4. The number of rotatable bonds is 13. The Morgan fingerprint density at radius 3 is 1.77 bits per heavy atom. The minimum absolute atomic E-state index is 0.00532. The Labute approximate surface area is 697 Å². The average molecular weight is 1620 g/mol. The summed E-state index contributed by atoms with van der Waals surface area (Å²) >= 11 is 13.7. The Morgan fingerprint density at radius 2 is 1.15 bits per heavy atom. The van der Waals surface area contributed by atoms with Crippen LogP contribution in [-0.4, -0.2) is 178 Å². The Morgan fingerprint density at radius 1 is 0.573 bits per heavy atom. The van der Waals surface area contributed by atoms with E-state index in [1.807, 2.05) is 88.6 Å². The molecule has 0 spiro atoms. The average Bonchev–Trinajstić information content (AvgIpc) is 0.743. The molecule has 3 aromatic carbocycles. The number of amidine groups is 2. The third-order valence-corrected chi connectivity index (χ3v) is 24.3. The van der Waals surface area contributed by atoms with Gasteiger partial charge in [-0.3, -0.25) is 29.3 Å². The number of aliphatic imine (C=N–C) groups is 2. The number of amides is 3. The molecule has 5 aromatic heterocycles. The van der Waals surface area contributed by atoms with Crippen molar-refractivity contribution in [3.8, 4) is 28.3 Å². The van der Waals surface area contributed by atoms with E-state index in [4.69, 9.17) is 43.2 Å². The molecular formula is C93H108Cl2FN17O4. The van der Waals surface area contributed by atoms with E-state index < -0.39 is 5.69 Å². The summed E-state index contributed by atoms with van der Waals surface area (Å²) in [7, 11) is 0. The summed E-state index contributed by atoms with van der Waals surface area (Å²) in [5.41, 5.74) is 12.2. The van der Waals surface area contributed by atoms with E-state index in [1.54, 1.807) is 40.1 Å². The molecule has 1 saturated carbocycles. The molecule has 24 heteroatoms. The van der Waals surface area contributed by atoms with Gasteiger partial charge in [0.2, 0.25) is 17.7 Å². The van der Waals surface area contributed by atoms with Gasteiger partial charge in [0.1, 0.15) is 46.5 Å². The van der Waals surface area contributed by atoms with Crippen molar-refractivity contribution in [1.29, 1.82) is 0 Å². The van der Waals surface area contributed by atoms with Crippen molar-refractivity contribution < 1.29 is 18.8 Å². The number of hydrogen-bond acceptors (Lipinski definition) is 17. The molecule has 0 N–H and O–H groups in total. The van der Waals surface area contributed by atoms with Gasteiger partial charge in [-0.05, 0) is 183 Å². The molecular weight excluding hydrogens is 1510 g/mol. The molecule has 3 saturated heterocycles. The number of nitrogens with zero attached hydrogens (tertiary/aromatic N) is 17. The van der Waals surface area contributed by atoms with Crippen LogP contribution in [0.5, 0.6) is 0 Å². The maximum atomic E-state index is 14.8. The second-order valence-corrected chi connectivity index (χ2v) is 33.1. The first-order valence-electron chi connectivity index (χ1n) is 41.0. The molecule has 610 valence electrons. The number of benzene rings is 3. The number of halogens is 3. The predicted octanol–water partition coefficient (Wildman–Crippen LogP) is 17.3. The Kier molecular flexibility index (Phi) is 25.6. The van der Waals surface area contributed by atoms with Crippen molar-refractivity contribution >= 4 is 86.6 Å². The summed E-state index contributed by atoms with van der Waals surface area (Å²) in [6.45, 7) is 49.0. The third kappa shape index (κ3) is 16.8. The van der Waals surface area contributed by atoms with Crippen LogP contribution < -0.4 is 25.3 Å². The van der Waals surface area contributed by atoms with Crippen molar-refractivity contribution in [3.63, 3.8) is 0 Å². The molecule has 0 radical (unpaired) electrons. The van der Waals surface area contributed by atoms with E-state index in [2.05, 4.69) is 166 Å². The maximum Gasteiger partial charge on any atom is 0.355 e. The highest BCUT2D eigenvalue weighted by atomic mass is 35.5. The Bertz CT molecular complexity index is 5350. The number of aromatic nitrogens is 6. The minimum atomic E-state index is -0.464. The van der Waals surface area contributed by atoms with Gasteiger partial charge in [-0.2, -0.15) is 4.98 Å². The van der Waals surface area contributed by atoms with Crippen LogP contribution in [0.1, 0.15) is 148 Å². The zero-order valence-corrected chi connectivity index (χ0v) is 71.0. The zero-order valence-electron chi connectivity index (χ0n) is 69.5. The lowest BCUT2D eigenvalue weighted by Gasteiger charge is -2.49. The number of para-hydroxylation sites is 2.